The third-order valence-corrected chi connectivity index (χ3v) is 4.07. The summed E-state index contributed by atoms with van der Waals surface area (Å²) >= 11 is 0. The number of nitrogens with one attached hydrogen (secondary N) is 2. The molecule has 0 radical (unpaired) electrons. The molecule has 1 amide bonds. The predicted molar refractivity (Wildman–Crippen MR) is 81.1 cm³/mol. The van der Waals surface area contributed by atoms with Gasteiger partial charge in [0.15, 0.2) is 0 Å². The van der Waals surface area contributed by atoms with E-state index in [2.05, 4.69) is 38.3 Å². The molecule has 112 valence electrons. The number of amides is 1. The van der Waals surface area contributed by atoms with E-state index in [-0.39, 0.29) is 5.91 Å². The fourth-order valence-electron chi connectivity index (χ4n) is 3.29. The summed E-state index contributed by atoms with van der Waals surface area (Å²) in [6, 6.07) is 0.454. The van der Waals surface area contributed by atoms with E-state index in [0.29, 0.717) is 17.9 Å². The van der Waals surface area contributed by atoms with E-state index >= 15 is 0 Å². The molecule has 1 aliphatic rings. The molecule has 19 heavy (non-hydrogen) atoms. The van der Waals surface area contributed by atoms with Crippen LogP contribution in [0.5, 0.6) is 0 Å². The van der Waals surface area contributed by atoms with Crippen molar-refractivity contribution in [3.05, 3.63) is 0 Å². The van der Waals surface area contributed by atoms with Crippen molar-refractivity contribution < 1.29 is 4.79 Å². The van der Waals surface area contributed by atoms with Crippen molar-refractivity contribution in [2.75, 3.05) is 13.1 Å². The van der Waals surface area contributed by atoms with E-state index in [0.717, 1.165) is 19.0 Å². The number of carbonyl (C=O) groups excluding carboxylic acids is 1. The van der Waals surface area contributed by atoms with Crippen LogP contribution >= 0.6 is 0 Å². The van der Waals surface area contributed by atoms with E-state index in [1.807, 2.05) is 0 Å². The molecule has 3 heteroatoms. The lowest BCUT2D eigenvalue weighted by Crippen LogP contribution is -2.38. The predicted octanol–water partition coefficient (Wildman–Crippen LogP) is 3.10. The third kappa shape index (κ3) is 6.42. The van der Waals surface area contributed by atoms with Crippen LogP contribution in [0.1, 0.15) is 66.2 Å². The summed E-state index contributed by atoms with van der Waals surface area (Å²) in [5.41, 5.74) is 0.384. The van der Waals surface area contributed by atoms with Gasteiger partial charge in [-0.05, 0) is 30.6 Å². The lowest BCUT2D eigenvalue weighted by atomic mass is 9.78. The second-order valence-corrected chi connectivity index (χ2v) is 6.94. The van der Waals surface area contributed by atoms with Crippen molar-refractivity contribution in [3.8, 4) is 0 Å². The smallest absolute Gasteiger partial charge is 0.221 e. The molecule has 0 spiro atoms. The van der Waals surface area contributed by atoms with Crippen molar-refractivity contribution in [2.45, 2.75) is 72.3 Å². The number of rotatable bonds is 8. The van der Waals surface area contributed by atoms with E-state index in [4.69, 9.17) is 0 Å². The highest BCUT2D eigenvalue weighted by Crippen LogP contribution is 2.42. The molecule has 1 aliphatic carbocycles. The average molecular weight is 268 g/mol. The molecule has 0 heterocycles. The second kappa shape index (κ2) is 7.88. The Balaban J connectivity index is 2.29. The van der Waals surface area contributed by atoms with Crippen LogP contribution in [0.3, 0.4) is 0 Å². The summed E-state index contributed by atoms with van der Waals surface area (Å²) in [6.07, 6.45) is 7.08. The Kier molecular flexibility index (Phi) is 6.84. The van der Waals surface area contributed by atoms with Crippen LogP contribution < -0.4 is 10.6 Å². The molecule has 1 fully saturated rings. The van der Waals surface area contributed by atoms with Gasteiger partial charge < -0.3 is 10.6 Å². The first-order valence-electron chi connectivity index (χ1n) is 7.94. The largest absolute Gasteiger partial charge is 0.356 e. The third-order valence-electron chi connectivity index (χ3n) is 4.07. The van der Waals surface area contributed by atoms with Gasteiger partial charge in [-0.25, -0.2) is 0 Å². The molecular formula is C16H32N2O. The van der Waals surface area contributed by atoms with Gasteiger partial charge in [-0.15, -0.1) is 0 Å². The van der Waals surface area contributed by atoms with Crippen LogP contribution in [0.15, 0.2) is 0 Å². The van der Waals surface area contributed by atoms with Crippen molar-refractivity contribution >= 4 is 5.91 Å². The average Bonchev–Trinajstić information content (AvgIpc) is 2.74. The van der Waals surface area contributed by atoms with Crippen LogP contribution in [0.25, 0.3) is 0 Å². The van der Waals surface area contributed by atoms with Gasteiger partial charge >= 0.3 is 0 Å². The van der Waals surface area contributed by atoms with Crippen LogP contribution in [0.4, 0.5) is 0 Å². The zero-order chi connectivity index (χ0) is 14.3. The van der Waals surface area contributed by atoms with Gasteiger partial charge in [-0.3, -0.25) is 4.79 Å². The maximum Gasteiger partial charge on any atom is 0.221 e. The van der Waals surface area contributed by atoms with Crippen LogP contribution in [-0.2, 0) is 4.79 Å². The molecule has 0 saturated heterocycles. The monoisotopic (exact) mass is 268 g/mol. The Hall–Kier alpha value is -0.570. The van der Waals surface area contributed by atoms with Gasteiger partial charge in [0.25, 0.3) is 0 Å². The van der Waals surface area contributed by atoms with E-state index in [1.54, 1.807) is 0 Å². The fourth-order valence-corrected chi connectivity index (χ4v) is 3.29. The minimum absolute atomic E-state index is 0.197. The lowest BCUT2D eigenvalue weighted by molar-refractivity contribution is -0.121. The quantitative estimate of drug-likeness (QED) is 0.710. The molecule has 0 bridgehead atoms. The SMILES string of the molecule is CC(C)CC1(CNC(=O)CCNC(C)C)CCCC1. The highest BCUT2D eigenvalue weighted by Gasteiger charge is 2.34. The second-order valence-electron chi connectivity index (χ2n) is 6.94. The standard InChI is InChI=1S/C16H32N2O/c1-13(2)11-16(8-5-6-9-16)12-18-15(19)7-10-17-14(3)4/h13-14,17H,5-12H2,1-4H3,(H,18,19). The van der Waals surface area contributed by atoms with Crippen LogP contribution in [0.2, 0.25) is 0 Å². The minimum Gasteiger partial charge on any atom is -0.356 e. The molecular weight excluding hydrogens is 236 g/mol. The Morgan fingerprint density at radius 1 is 1.16 bits per heavy atom. The first kappa shape index (κ1) is 16.5. The van der Waals surface area contributed by atoms with Gasteiger partial charge in [0.1, 0.15) is 0 Å². The Bertz CT molecular complexity index is 268. The highest BCUT2D eigenvalue weighted by atomic mass is 16.1. The number of hydrogen-bond acceptors (Lipinski definition) is 2. The summed E-state index contributed by atoms with van der Waals surface area (Å²) in [5, 5.41) is 6.45. The number of carbonyl (C=O) groups is 1. The molecule has 0 aromatic heterocycles. The number of hydrogen-bond donors (Lipinski definition) is 2. The molecule has 3 nitrogen and oxygen atoms in total. The van der Waals surface area contributed by atoms with Gasteiger partial charge in [0.05, 0.1) is 0 Å². The molecule has 2 N–H and O–H groups in total. The van der Waals surface area contributed by atoms with Crippen molar-refractivity contribution in [1.29, 1.82) is 0 Å². The minimum atomic E-state index is 0.197. The lowest BCUT2D eigenvalue weighted by Gasteiger charge is -2.31. The van der Waals surface area contributed by atoms with E-state index in [9.17, 15) is 4.79 Å². The van der Waals surface area contributed by atoms with Crippen LogP contribution in [-0.4, -0.2) is 25.0 Å². The summed E-state index contributed by atoms with van der Waals surface area (Å²) in [6.45, 7) is 10.4. The Morgan fingerprint density at radius 2 is 1.79 bits per heavy atom. The zero-order valence-corrected chi connectivity index (χ0v) is 13.2. The molecule has 1 rings (SSSR count). The maximum absolute atomic E-state index is 11.9. The molecule has 0 aromatic carbocycles. The van der Waals surface area contributed by atoms with Gasteiger partial charge in [-0.1, -0.05) is 40.5 Å². The maximum atomic E-state index is 11.9. The summed E-state index contributed by atoms with van der Waals surface area (Å²) < 4.78 is 0. The molecule has 0 aliphatic heterocycles. The summed E-state index contributed by atoms with van der Waals surface area (Å²) in [5.74, 6) is 0.917. The van der Waals surface area contributed by atoms with Crippen molar-refractivity contribution in [2.24, 2.45) is 11.3 Å². The molecule has 0 unspecified atom stereocenters. The van der Waals surface area contributed by atoms with Crippen LogP contribution in [0, 0.1) is 11.3 Å². The van der Waals surface area contributed by atoms with Gasteiger partial charge in [-0.2, -0.15) is 0 Å². The molecule has 0 atom stereocenters. The van der Waals surface area contributed by atoms with Gasteiger partial charge in [0.2, 0.25) is 5.91 Å². The van der Waals surface area contributed by atoms with Gasteiger partial charge in [0, 0.05) is 25.6 Å². The fraction of sp³-hybridized carbons (Fsp3) is 0.938. The van der Waals surface area contributed by atoms with Crippen molar-refractivity contribution in [3.63, 3.8) is 0 Å². The first-order chi connectivity index (χ1) is 8.93. The topological polar surface area (TPSA) is 41.1 Å². The molecule has 0 aromatic rings. The molecule has 1 saturated carbocycles. The first-order valence-corrected chi connectivity index (χ1v) is 7.94. The van der Waals surface area contributed by atoms with Crippen molar-refractivity contribution in [1.82, 2.24) is 10.6 Å². The van der Waals surface area contributed by atoms with E-state index in [1.165, 1.54) is 32.1 Å². The highest BCUT2D eigenvalue weighted by molar-refractivity contribution is 5.76. The Morgan fingerprint density at radius 3 is 2.32 bits per heavy atom. The normalized spacial score (nSPS) is 18.2. The summed E-state index contributed by atoms with van der Waals surface area (Å²) in [4.78, 5) is 11.9. The Labute approximate surface area is 118 Å². The van der Waals surface area contributed by atoms with E-state index < -0.39 is 0 Å². The summed E-state index contributed by atoms with van der Waals surface area (Å²) in [7, 11) is 0. The zero-order valence-electron chi connectivity index (χ0n) is 13.2.